The van der Waals surface area contributed by atoms with Gasteiger partial charge in [0.05, 0.1) is 11.6 Å². The number of ether oxygens (including phenoxy) is 1. The van der Waals surface area contributed by atoms with E-state index in [1.54, 1.807) is 12.1 Å². The van der Waals surface area contributed by atoms with Crippen LogP contribution in [-0.4, -0.2) is 35.8 Å². The number of allylic oxidation sites excluding steroid dienone is 3. The van der Waals surface area contributed by atoms with Crippen molar-refractivity contribution in [1.29, 1.82) is 0 Å². The number of unbranched alkanes of at least 4 members (excludes halogenated alkanes) is 1. The van der Waals surface area contributed by atoms with Gasteiger partial charge in [-0.25, -0.2) is 13.8 Å². The number of rotatable bonds is 11. The van der Waals surface area contributed by atoms with Crippen LogP contribution in [0.3, 0.4) is 0 Å². The summed E-state index contributed by atoms with van der Waals surface area (Å²) in [5, 5.41) is 9.26. The first-order chi connectivity index (χ1) is 17.7. The lowest BCUT2D eigenvalue weighted by atomic mass is 9.97. The van der Waals surface area contributed by atoms with Crippen molar-refractivity contribution in [2.75, 3.05) is 24.6 Å². The van der Waals surface area contributed by atoms with Crippen molar-refractivity contribution in [1.82, 2.24) is 4.98 Å². The highest BCUT2D eigenvalue weighted by Gasteiger charge is 2.25. The maximum atomic E-state index is 15.0. The number of aliphatic carboxylic acids is 1. The van der Waals surface area contributed by atoms with E-state index in [4.69, 9.17) is 4.74 Å². The van der Waals surface area contributed by atoms with E-state index in [2.05, 4.69) is 18.5 Å². The summed E-state index contributed by atoms with van der Waals surface area (Å²) in [6, 6.07) is 7.32. The van der Waals surface area contributed by atoms with Gasteiger partial charge in [-0.3, -0.25) is 4.79 Å². The van der Waals surface area contributed by atoms with Crippen LogP contribution in [0.4, 0.5) is 14.6 Å². The van der Waals surface area contributed by atoms with Gasteiger partial charge in [0.1, 0.15) is 18.2 Å². The third kappa shape index (κ3) is 7.75. The van der Waals surface area contributed by atoms with Crippen LogP contribution < -0.4 is 9.64 Å². The Labute approximate surface area is 218 Å². The Balaban J connectivity index is 1.83. The highest BCUT2D eigenvalue weighted by atomic mass is 19.1. The molecular weight excluding hydrogens is 474 g/mol. The van der Waals surface area contributed by atoms with E-state index in [0.29, 0.717) is 37.4 Å². The summed E-state index contributed by atoms with van der Waals surface area (Å²) in [6.45, 7) is 11.3. The normalized spacial score (nSPS) is 14.1. The Morgan fingerprint density at radius 1 is 1.22 bits per heavy atom. The van der Waals surface area contributed by atoms with E-state index >= 15 is 0 Å². The number of carbonyl (C=O) groups is 1. The second-order valence-corrected chi connectivity index (χ2v) is 9.65. The van der Waals surface area contributed by atoms with Gasteiger partial charge in [-0.05, 0) is 63.3 Å². The molecule has 0 unspecified atom stereocenters. The molecule has 0 aliphatic carbocycles. The number of pyridine rings is 1. The number of carboxylic acids is 1. The van der Waals surface area contributed by atoms with Crippen LogP contribution in [-0.2, 0) is 4.79 Å². The van der Waals surface area contributed by atoms with Crippen molar-refractivity contribution in [2.45, 2.75) is 52.9 Å². The molecule has 5 nitrogen and oxygen atoms in total. The highest BCUT2D eigenvalue weighted by Crippen LogP contribution is 2.34. The number of carboxylic acid groups (broad SMARTS) is 1. The fourth-order valence-corrected chi connectivity index (χ4v) is 4.22. The fourth-order valence-electron chi connectivity index (χ4n) is 4.22. The van der Waals surface area contributed by atoms with Gasteiger partial charge in [0.2, 0.25) is 0 Å². The lowest BCUT2D eigenvalue weighted by Gasteiger charge is -2.31. The first-order valence-corrected chi connectivity index (χ1v) is 12.8. The summed E-state index contributed by atoms with van der Waals surface area (Å²) < 4.78 is 35.2. The van der Waals surface area contributed by atoms with Crippen LogP contribution in [0.1, 0.15) is 52.9 Å². The molecule has 2 heterocycles. The lowest BCUT2D eigenvalue weighted by Crippen LogP contribution is -2.36. The van der Waals surface area contributed by atoms with Gasteiger partial charge in [0, 0.05) is 24.7 Å². The van der Waals surface area contributed by atoms with Crippen LogP contribution in [0.25, 0.3) is 11.3 Å². The summed E-state index contributed by atoms with van der Waals surface area (Å²) in [5.41, 5.74) is 3.53. The molecule has 1 aromatic carbocycles. The first-order valence-electron chi connectivity index (χ1n) is 12.8. The summed E-state index contributed by atoms with van der Waals surface area (Å²) in [7, 11) is 0. The van der Waals surface area contributed by atoms with E-state index in [1.165, 1.54) is 6.07 Å². The molecule has 0 saturated carbocycles. The zero-order valence-electron chi connectivity index (χ0n) is 21.9. The lowest BCUT2D eigenvalue weighted by molar-refractivity contribution is -0.142. The second-order valence-electron chi connectivity index (χ2n) is 9.65. The monoisotopic (exact) mass is 510 g/mol. The molecule has 1 fully saturated rings. The summed E-state index contributed by atoms with van der Waals surface area (Å²) in [6.07, 6.45) is 8.01. The molecule has 2 aromatic rings. The van der Waals surface area contributed by atoms with Crippen LogP contribution >= 0.6 is 0 Å². The smallest absolute Gasteiger partial charge is 0.306 e. The maximum absolute atomic E-state index is 15.0. The molecular formula is C30H36F2N2O3. The third-order valence-electron chi connectivity index (χ3n) is 6.57. The quantitative estimate of drug-likeness (QED) is 0.320. The molecule has 0 atom stereocenters. The molecule has 1 aromatic heterocycles. The van der Waals surface area contributed by atoms with Gasteiger partial charge in [-0.15, -0.1) is 0 Å². The van der Waals surface area contributed by atoms with Crippen LogP contribution in [0.2, 0.25) is 0 Å². The Kier molecular flexibility index (Phi) is 10.0. The molecule has 37 heavy (non-hydrogen) atoms. The van der Waals surface area contributed by atoms with Gasteiger partial charge >= 0.3 is 5.97 Å². The van der Waals surface area contributed by atoms with Crippen LogP contribution in [0.15, 0.2) is 65.8 Å². The molecule has 1 saturated heterocycles. The molecule has 1 aliphatic heterocycles. The van der Waals surface area contributed by atoms with Gasteiger partial charge in [0.15, 0.2) is 11.6 Å². The van der Waals surface area contributed by atoms with Crippen molar-refractivity contribution in [3.05, 3.63) is 77.4 Å². The highest BCUT2D eigenvalue weighted by molar-refractivity contribution is 5.71. The Morgan fingerprint density at radius 3 is 2.59 bits per heavy atom. The molecule has 3 rings (SSSR count). The van der Waals surface area contributed by atoms with E-state index < -0.39 is 17.6 Å². The number of anilines is 1. The van der Waals surface area contributed by atoms with Crippen molar-refractivity contribution >= 4 is 11.8 Å². The predicted molar refractivity (Wildman–Crippen MR) is 144 cm³/mol. The number of piperidine rings is 1. The van der Waals surface area contributed by atoms with Crippen molar-refractivity contribution < 1.29 is 23.4 Å². The predicted octanol–water partition coefficient (Wildman–Crippen LogP) is 7.35. The minimum absolute atomic E-state index is 0.0624. The van der Waals surface area contributed by atoms with Crippen molar-refractivity contribution in [3.63, 3.8) is 0 Å². The van der Waals surface area contributed by atoms with E-state index in [9.17, 15) is 18.7 Å². The number of benzene rings is 1. The number of hydrogen-bond donors (Lipinski definition) is 1. The van der Waals surface area contributed by atoms with Crippen molar-refractivity contribution in [2.24, 2.45) is 5.92 Å². The van der Waals surface area contributed by atoms with Crippen LogP contribution in [0.5, 0.6) is 5.75 Å². The number of nitrogens with zero attached hydrogens (tertiary/aromatic N) is 2. The SMILES string of the molecule is C=C(/C=C\C(COc1c(F)cc(F)cc1-c1cccc(N2CCC(C(=O)O)CC2)n1)=C(C)C)CCCC. The van der Waals surface area contributed by atoms with Gasteiger partial charge in [-0.2, -0.15) is 0 Å². The van der Waals surface area contributed by atoms with Gasteiger partial charge in [0.25, 0.3) is 0 Å². The van der Waals surface area contributed by atoms with Gasteiger partial charge in [-0.1, -0.05) is 49.3 Å². The van der Waals surface area contributed by atoms with Gasteiger partial charge < -0.3 is 14.7 Å². The van der Waals surface area contributed by atoms with E-state index in [1.807, 2.05) is 37.0 Å². The summed E-state index contributed by atoms with van der Waals surface area (Å²) >= 11 is 0. The molecule has 7 heteroatoms. The zero-order chi connectivity index (χ0) is 26.9. The topological polar surface area (TPSA) is 62.7 Å². The second kappa shape index (κ2) is 13.2. The Morgan fingerprint density at radius 2 is 1.95 bits per heavy atom. The number of halogens is 2. The largest absolute Gasteiger partial charge is 0.485 e. The zero-order valence-corrected chi connectivity index (χ0v) is 21.9. The summed E-state index contributed by atoms with van der Waals surface area (Å²) in [5.74, 6) is -2.09. The Hall–Kier alpha value is -3.48. The number of aromatic nitrogens is 1. The molecule has 0 spiro atoms. The molecule has 0 amide bonds. The molecule has 198 valence electrons. The minimum atomic E-state index is -0.797. The van der Waals surface area contributed by atoms with Crippen molar-refractivity contribution in [3.8, 4) is 17.0 Å². The Bertz CT molecular complexity index is 1180. The van der Waals surface area contributed by atoms with E-state index in [0.717, 1.165) is 42.0 Å². The minimum Gasteiger partial charge on any atom is -0.485 e. The maximum Gasteiger partial charge on any atom is 0.306 e. The van der Waals surface area contributed by atoms with Crippen LogP contribution in [0, 0.1) is 17.6 Å². The van der Waals surface area contributed by atoms with E-state index in [-0.39, 0.29) is 23.8 Å². The third-order valence-corrected chi connectivity index (χ3v) is 6.57. The molecule has 0 bridgehead atoms. The first kappa shape index (κ1) is 28.1. The fraction of sp³-hybridized carbons (Fsp3) is 0.400. The number of hydrogen-bond acceptors (Lipinski definition) is 4. The summed E-state index contributed by atoms with van der Waals surface area (Å²) in [4.78, 5) is 17.9. The standard InChI is InChI=1S/C30H36F2N2O3/c1-5-6-8-21(4)11-12-23(20(2)3)19-37-29-25(17-24(31)18-26(29)32)27-9-7-10-28(33-27)34-15-13-22(14-16-34)30(35)36/h7,9-12,17-18,22H,4-6,8,13-16,19H2,1-3H3,(H,35,36)/b12-11-. The molecule has 0 radical (unpaired) electrons. The average molecular weight is 511 g/mol. The molecule has 1 N–H and O–H groups in total. The average Bonchev–Trinajstić information content (AvgIpc) is 2.88. The molecule has 1 aliphatic rings.